The number of hydrogen-bond donors (Lipinski definition) is 0. The summed E-state index contributed by atoms with van der Waals surface area (Å²) in [4.78, 5) is 0.443. The van der Waals surface area contributed by atoms with E-state index in [9.17, 15) is 0 Å². The number of para-hydroxylation sites is 1. The molecule has 12 heavy (non-hydrogen) atoms. The standard InChI is InChI=1S/C8H6ClNOS/c1-10-7-5(9)3-2-4-6(7)11-8(10)12/h2-4H,1H3. The predicted octanol–water partition coefficient (Wildman–Crippen LogP) is 3.15. The summed E-state index contributed by atoms with van der Waals surface area (Å²) in [6.45, 7) is 0. The molecule has 4 heteroatoms. The van der Waals surface area contributed by atoms with Gasteiger partial charge in [-0.25, -0.2) is 0 Å². The van der Waals surface area contributed by atoms with Crippen molar-refractivity contribution < 1.29 is 4.42 Å². The van der Waals surface area contributed by atoms with E-state index >= 15 is 0 Å². The first-order valence-electron chi connectivity index (χ1n) is 3.44. The summed E-state index contributed by atoms with van der Waals surface area (Å²) in [5, 5.41) is 0.662. The summed E-state index contributed by atoms with van der Waals surface area (Å²) in [5.41, 5.74) is 1.58. The Morgan fingerprint density at radius 3 is 2.92 bits per heavy atom. The Morgan fingerprint density at radius 2 is 2.25 bits per heavy atom. The van der Waals surface area contributed by atoms with Crippen LogP contribution in [0.2, 0.25) is 5.02 Å². The highest BCUT2D eigenvalue weighted by molar-refractivity contribution is 7.71. The van der Waals surface area contributed by atoms with Gasteiger partial charge in [0.15, 0.2) is 5.58 Å². The Hall–Kier alpha value is -0.800. The molecule has 62 valence electrons. The first-order valence-corrected chi connectivity index (χ1v) is 4.23. The molecule has 0 aliphatic rings. The van der Waals surface area contributed by atoms with Gasteiger partial charge in [-0.2, -0.15) is 0 Å². The number of aromatic nitrogens is 1. The third-order valence-electron chi connectivity index (χ3n) is 1.76. The van der Waals surface area contributed by atoms with Crippen molar-refractivity contribution in [2.45, 2.75) is 0 Å². The Kier molecular flexibility index (Phi) is 1.70. The largest absolute Gasteiger partial charge is 0.429 e. The van der Waals surface area contributed by atoms with Crippen LogP contribution in [0.3, 0.4) is 0 Å². The predicted molar refractivity (Wildman–Crippen MR) is 51.0 cm³/mol. The lowest BCUT2D eigenvalue weighted by molar-refractivity contribution is 0.559. The molecule has 0 amide bonds. The lowest BCUT2D eigenvalue weighted by atomic mass is 10.3. The van der Waals surface area contributed by atoms with Crippen LogP contribution in [-0.2, 0) is 7.05 Å². The summed E-state index contributed by atoms with van der Waals surface area (Å²) in [6, 6.07) is 5.49. The molecule has 0 aliphatic heterocycles. The van der Waals surface area contributed by atoms with Gasteiger partial charge in [-0.3, -0.25) is 0 Å². The number of hydrogen-bond acceptors (Lipinski definition) is 2. The maximum absolute atomic E-state index is 5.95. The SMILES string of the molecule is Cn1c(=S)oc2cccc(Cl)c21. The van der Waals surface area contributed by atoms with Crippen LogP contribution in [0.4, 0.5) is 0 Å². The highest BCUT2D eigenvalue weighted by Gasteiger charge is 2.05. The normalized spacial score (nSPS) is 10.8. The molecule has 0 saturated heterocycles. The number of aryl methyl sites for hydroxylation is 1. The average Bonchev–Trinajstić information content (AvgIpc) is 2.29. The Morgan fingerprint density at radius 1 is 1.50 bits per heavy atom. The number of halogens is 1. The Labute approximate surface area is 79.4 Å². The van der Waals surface area contributed by atoms with Crippen LogP contribution >= 0.6 is 23.8 Å². The second kappa shape index (κ2) is 2.61. The van der Waals surface area contributed by atoms with E-state index in [1.54, 1.807) is 4.57 Å². The molecule has 2 aromatic rings. The molecule has 0 unspecified atom stereocenters. The number of rotatable bonds is 0. The Bertz CT molecular complexity index is 485. The fourth-order valence-corrected chi connectivity index (χ4v) is 1.63. The fraction of sp³-hybridized carbons (Fsp3) is 0.125. The first kappa shape index (κ1) is 7.83. The first-order chi connectivity index (χ1) is 5.70. The van der Waals surface area contributed by atoms with Crippen LogP contribution in [0, 0.1) is 4.84 Å². The van der Waals surface area contributed by atoms with E-state index in [-0.39, 0.29) is 0 Å². The van der Waals surface area contributed by atoms with Gasteiger partial charge >= 0.3 is 0 Å². The van der Waals surface area contributed by atoms with Gasteiger partial charge in [0.1, 0.15) is 5.52 Å². The molecule has 0 spiro atoms. The molecule has 0 N–H and O–H groups in total. The van der Waals surface area contributed by atoms with E-state index in [4.69, 9.17) is 28.2 Å². The smallest absolute Gasteiger partial charge is 0.269 e. The number of nitrogens with zero attached hydrogens (tertiary/aromatic N) is 1. The third kappa shape index (κ3) is 0.974. The van der Waals surface area contributed by atoms with E-state index in [2.05, 4.69) is 0 Å². The van der Waals surface area contributed by atoms with Crippen LogP contribution in [0.15, 0.2) is 22.6 Å². The second-order valence-corrected chi connectivity index (χ2v) is 3.27. The number of fused-ring (bicyclic) bond motifs is 1. The van der Waals surface area contributed by atoms with Crippen molar-refractivity contribution >= 4 is 34.9 Å². The van der Waals surface area contributed by atoms with Gasteiger partial charge in [0.05, 0.1) is 5.02 Å². The third-order valence-corrected chi connectivity index (χ3v) is 2.42. The summed E-state index contributed by atoms with van der Waals surface area (Å²) in [6.07, 6.45) is 0. The summed E-state index contributed by atoms with van der Waals surface area (Å²) < 4.78 is 7.03. The molecular formula is C8H6ClNOS. The van der Waals surface area contributed by atoms with Crippen molar-refractivity contribution in [2.75, 3.05) is 0 Å². The summed E-state index contributed by atoms with van der Waals surface area (Å²) >= 11 is 10.9. The molecule has 2 nitrogen and oxygen atoms in total. The van der Waals surface area contributed by atoms with E-state index in [0.717, 1.165) is 11.1 Å². The molecule has 0 atom stereocenters. The maximum Gasteiger partial charge on any atom is 0.269 e. The van der Waals surface area contributed by atoms with Crippen LogP contribution in [0.5, 0.6) is 0 Å². The van der Waals surface area contributed by atoms with Crippen molar-refractivity contribution in [3.05, 3.63) is 28.1 Å². The zero-order chi connectivity index (χ0) is 8.72. The van der Waals surface area contributed by atoms with Gasteiger partial charge in [0, 0.05) is 7.05 Å². The van der Waals surface area contributed by atoms with Gasteiger partial charge < -0.3 is 8.98 Å². The van der Waals surface area contributed by atoms with Crippen molar-refractivity contribution in [2.24, 2.45) is 7.05 Å². The quantitative estimate of drug-likeness (QED) is 0.607. The maximum atomic E-state index is 5.95. The molecule has 1 aromatic carbocycles. The van der Waals surface area contributed by atoms with Crippen molar-refractivity contribution in [1.29, 1.82) is 0 Å². The minimum atomic E-state index is 0.443. The minimum absolute atomic E-state index is 0.443. The van der Waals surface area contributed by atoms with Crippen molar-refractivity contribution in [1.82, 2.24) is 4.57 Å². The molecule has 2 rings (SSSR count). The molecule has 0 fully saturated rings. The van der Waals surface area contributed by atoms with Gasteiger partial charge in [-0.05, 0) is 24.4 Å². The highest BCUT2D eigenvalue weighted by atomic mass is 35.5. The molecule has 1 aromatic heterocycles. The fourth-order valence-electron chi connectivity index (χ4n) is 1.16. The monoisotopic (exact) mass is 199 g/mol. The molecule has 0 saturated carbocycles. The molecule has 0 radical (unpaired) electrons. The Balaban J connectivity index is 3.07. The topological polar surface area (TPSA) is 18.1 Å². The van der Waals surface area contributed by atoms with E-state index in [0.29, 0.717) is 9.86 Å². The number of oxazole rings is 1. The van der Waals surface area contributed by atoms with Crippen LogP contribution in [0.25, 0.3) is 11.1 Å². The van der Waals surface area contributed by atoms with Crippen molar-refractivity contribution in [3.8, 4) is 0 Å². The molecular weight excluding hydrogens is 194 g/mol. The van der Waals surface area contributed by atoms with E-state index in [1.165, 1.54) is 0 Å². The van der Waals surface area contributed by atoms with Gasteiger partial charge in [-0.15, -0.1) is 0 Å². The zero-order valence-electron chi connectivity index (χ0n) is 6.37. The van der Waals surface area contributed by atoms with Crippen LogP contribution in [-0.4, -0.2) is 4.57 Å². The van der Waals surface area contributed by atoms with Crippen LogP contribution < -0.4 is 0 Å². The lowest BCUT2D eigenvalue weighted by Crippen LogP contribution is -1.85. The van der Waals surface area contributed by atoms with Crippen molar-refractivity contribution in [3.63, 3.8) is 0 Å². The minimum Gasteiger partial charge on any atom is -0.429 e. The van der Waals surface area contributed by atoms with Gasteiger partial charge in [-0.1, -0.05) is 17.7 Å². The van der Waals surface area contributed by atoms with Crippen LogP contribution in [0.1, 0.15) is 0 Å². The van der Waals surface area contributed by atoms with Gasteiger partial charge in [0.2, 0.25) is 0 Å². The highest BCUT2D eigenvalue weighted by Crippen LogP contribution is 2.23. The zero-order valence-corrected chi connectivity index (χ0v) is 7.95. The van der Waals surface area contributed by atoms with Gasteiger partial charge in [0.25, 0.3) is 4.84 Å². The molecule has 0 aliphatic carbocycles. The lowest BCUT2D eigenvalue weighted by Gasteiger charge is -1.93. The number of benzene rings is 1. The van der Waals surface area contributed by atoms with E-state index < -0.39 is 0 Å². The summed E-state index contributed by atoms with van der Waals surface area (Å²) in [7, 11) is 1.83. The average molecular weight is 200 g/mol. The molecule has 0 bridgehead atoms. The van der Waals surface area contributed by atoms with E-state index in [1.807, 2.05) is 25.2 Å². The summed E-state index contributed by atoms with van der Waals surface area (Å²) in [5.74, 6) is 0. The molecule has 1 heterocycles. The second-order valence-electron chi connectivity index (χ2n) is 2.51.